The molecule has 1 spiro atoms. The number of nitrogens with zero attached hydrogens (tertiary/aromatic N) is 3. The summed E-state index contributed by atoms with van der Waals surface area (Å²) in [5, 5.41) is 3.42. The number of anilines is 4. The molecule has 4 heterocycles. The van der Waals surface area contributed by atoms with Crippen molar-refractivity contribution in [3.05, 3.63) is 48.0 Å². The second kappa shape index (κ2) is 8.73. The molecular formula is C27H32N4O5S. The summed E-state index contributed by atoms with van der Waals surface area (Å²) in [4.78, 5) is 31.4. The second-order valence-corrected chi connectivity index (χ2v) is 13.1. The highest BCUT2D eigenvalue weighted by molar-refractivity contribution is 7.94. The summed E-state index contributed by atoms with van der Waals surface area (Å²) in [7, 11) is -1.22. The average Bonchev–Trinajstić information content (AvgIpc) is 2.87. The number of carbonyl (C=O) groups excluding carboxylic acids is 2. The van der Waals surface area contributed by atoms with Gasteiger partial charge in [0.2, 0.25) is 5.91 Å². The quantitative estimate of drug-likeness (QED) is 0.657. The molecule has 2 aromatic carbocycles. The van der Waals surface area contributed by atoms with E-state index in [-0.39, 0.29) is 29.7 Å². The Labute approximate surface area is 217 Å². The summed E-state index contributed by atoms with van der Waals surface area (Å²) in [6.45, 7) is 3.95. The second-order valence-electron chi connectivity index (χ2n) is 10.6. The van der Waals surface area contributed by atoms with E-state index >= 15 is 0 Å². The number of rotatable bonds is 4. The Hall–Kier alpha value is -3.11. The van der Waals surface area contributed by atoms with Crippen LogP contribution in [0.4, 0.5) is 22.7 Å². The predicted molar refractivity (Wildman–Crippen MR) is 142 cm³/mol. The van der Waals surface area contributed by atoms with Crippen LogP contribution < -0.4 is 15.1 Å². The molecule has 3 fully saturated rings. The van der Waals surface area contributed by atoms with Gasteiger partial charge in [-0.25, -0.2) is 8.42 Å². The van der Waals surface area contributed by atoms with Crippen molar-refractivity contribution in [1.29, 1.82) is 0 Å². The van der Waals surface area contributed by atoms with Crippen LogP contribution >= 0.6 is 0 Å². The van der Waals surface area contributed by atoms with Crippen LogP contribution in [0, 0.1) is 0 Å². The van der Waals surface area contributed by atoms with Crippen molar-refractivity contribution in [2.24, 2.45) is 0 Å². The van der Waals surface area contributed by atoms with E-state index in [4.69, 9.17) is 4.74 Å². The van der Waals surface area contributed by atoms with Crippen LogP contribution in [0.15, 0.2) is 42.5 Å². The first-order valence-electron chi connectivity index (χ1n) is 12.9. The molecule has 3 saturated heterocycles. The standard InChI is InChI=1S/C27H32N4O5S/c1-18-25(32)29(2)23-8-7-21(15-24(23)31(18)22-9-12-36-13-10-22)28-20-5-3-19(4-6-20)26(33)30-16-27(17-30)11-14-37(27,34)35/h3-8,15,18,22,28H,9-14,16-17H2,1-2H3/t18-/m1/s1. The van der Waals surface area contributed by atoms with Crippen molar-refractivity contribution in [3.63, 3.8) is 0 Å². The molecule has 0 aromatic heterocycles. The monoisotopic (exact) mass is 524 g/mol. The van der Waals surface area contributed by atoms with E-state index < -0.39 is 14.6 Å². The van der Waals surface area contributed by atoms with Gasteiger partial charge >= 0.3 is 0 Å². The number of likely N-dealkylation sites (N-methyl/N-ethyl adjacent to an activating group) is 1. The third-order valence-corrected chi connectivity index (χ3v) is 11.0. The molecule has 4 aliphatic heterocycles. The fourth-order valence-electron chi connectivity index (χ4n) is 6.05. The lowest BCUT2D eigenvalue weighted by Gasteiger charge is -2.54. The first-order valence-corrected chi connectivity index (χ1v) is 14.5. The van der Waals surface area contributed by atoms with E-state index in [9.17, 15) is 18.0 Å². The van der Waals surface area contributed by atoms with Crippen LogP contribution in [0.3, 0.4) is 0 Å². The Morgan fingerprint density at radius 3 is 2.32 bits per heavy atom. The number of hydrogen-bond acceptors (Lipinski definition) is 7. The van der Waals surface area contributed by atoms with Crippen molar-refractivity contribution < 1.29 is 22.7 Å². The molecule has 10 heteroatoms. The Balaban J connectivity index is 1.18. The topological polar surface area (TPSA) is 99.3 Å². The molecule has 9 nitrogen and oxygen atoms in total. The van der Waals surface area contributed by atoms with Crippen LogP contribution in [0.1, 0.15) is 36.5 Å². The van der Waals surface area contributed by atoms with Crippen LogP contribution in [0.5, 0.6) is 0 Å². The first-order chi connectivity index (χ1) is 17.7. The fourth-order valence-corrected chi connectivity index (χ4v) is 7.86. The Morgan fingerprint density at radius 2 is 1.70 bits per heavy atom. The molecular weight excluding hydrogens is 492 g/mol. The molecule has 0 saturated carbocycles. The van der Waals surface area contributed by atoms with Gasteiger partial charge in [-0.05, 0) is 68.7 Å². The maximum atomic E-state index is 12.9. The van der Waals surface area contributed by atoms with Crippen molar-refractivity contribution >= 4 is 44.4 Å². The lowest BCUT2D eigenvalue weighted by atomic mass is 9.93. The molecule has 0 aliphatic carbocycles. The molecule has 1 atom stereocenters. The summed E-state index contributed by atoms with van der Waals surface area (Å²) in [5.74, 6) is 0.181. The zero-order valence-electron chi connectivity index (χ0n) is 21.1. The largest absolute Gasteiger partial charge is 0.381 e. The van der Waals surface area contributed by atoms with Crippen molar-refractivity contribution in [1.82, 2.24) is 4.90 Å². The smallest absolute Gasteiger partial charge is 0.253 e. The summed E-state index contributed by atoms with van der Waals surface area (Å²) in [5.41, 5.74) is 4.19. The third kappa shape index (κ3) is 3.88. The molecule has 2 amide bonds. The van der Waals surface area contributed by atoms with Gasteiger partial charge in [-0.1, -0.05) is 0 Å². The van der Waals surface area contributed by atoms with Crippen LogP contribution in [0.2, 0.25) is 0 Å². The van der Waals surface area contributed by atoms with Gasteiger partial charge in [-0.3, -0.25) is 9.59 Å². The van der Waals surface area contributed by atoms with E-state index in [2.05, 4.69) is 16.3 Å². The number of sulfone groups is 1. The molecule has 1 N–H and O–H groups in total. The van der Waals surface area contributed by atoms with Crippen LogP contribution in [-0.4, -0.2) is 81.1 Å². The maximum Gasteiger partial charge on any atom is 0.253 e. The van der Waals surface area contributed by atoms with Crippen LogP contribution in [-0.2, 0) is 19.4 Å². The van der Waals surface area contributed by atoms with Gasteiger partial charge in [0, 0.05) is 56.3 Å². The Bertz CT molecular complexity index is 1350. The zero-order valence-corrected chi connectivity index (χ0v) is 22.0. The molecule has 37 heavy (non-hydrogen) atoms. The van der Waals surface area contributed by atoms with Crippen molar-refractivity contribution in [2.45, 2.75) is 43.0 Å². The number of benzene rings is 2. The van der Waals surface area contributed by atoms with Gasteiger partial charge in [0.25, 0.3) is 5.91 Å². The molecule has 196 valence electrons. The van der Waals surface area contributed by atoms with Crippen molar-refractivity contribution in [3.8, 4) is 0 Å². The van der Waals surface area contributed by atoms with Gasteiger partial charge < -0.3 is 24.8 Å². The number of hydrogen-bond donors (Lipinski definition) is 1. The fraction of sp³-hybridized carbons (Fsp3) is 0.481. The van der Waals surface area contributed by atoms with Crippen LogP contribution in [0.25, 0.3) is 0 Å². The predicted octanol–water partition coefficient (Wildman–Crippen LogP) is 2.79. The highest BCUT2D eigenvalue weighted by Crippen LogP contribution is 2.43. The van der Waals surface area contributed by atoms with Gasteiger partial charge in [0.05, 0.1) is 17.1 Å². The minimum Gasteiger partial charge on any atom is -0.381 e. The van der Waals surface area contributed by atoms with Gasteiger partial charge in [-0.2, -0.15) is 0 Å². The van der Waals surface area contributed by atoms with E-state index in [0.717, 1.165) is 35.6 Å². The lowest BCUT2D eigenvalue weighted by molar-refractivity contribution is -0.119. The van der Waals surface area contributed by atoms with Crippen molar-refractivity contribution in [2.75, 3.05) is 54.2 Å². The molecule has 0 radical (unpaired) electrons. The summed E-state index contributed by atoms with van der Waals surface area (Å²) < 4.78 is 28.9. The Kier molecular flexibility index (Phi) is 5.72. The number of fused-ring (bicyclic) bond motifs is 1. The number of amides is 2. The van der Waals surface area contributed by atoms with E-state index in [1.807, 2.05) is 38.2 Å². The SMILES string of the molecule is C[C@@H]1C(=O)N(C)c2ccc(Nc3ccc(C(=O)N4CC5(CCS5(=O)=O)C4)cc3)cc2N1C1CCOCC1. The minimum absolute atomic E-state index is 0.0861. The Morgan fingerprint density at radius 1 is 1.03 bits per heavy atom. The highest BCUT2D eigenvalue weighted by atomic mass is 32.2. The number of carbonyl (C=O) groups is 2. The first kappa shape index (κ1) is 24.2. The zero-order chi connectivity index (χ0) is 25.9. The molecule has 2 aromatic rings. The lowest BCUT2D eigenvalue weighted by Crippen LogP contribution is -2.72. The van der Waals surface area contributed by atoms with Gasteiger partial charge in [-0.15, -0.1) is 0 Å². The maximum absolute atomic E-state index is 12.9. The number of likely N-dealkylation sites (tertiary alicyclic amines) is 1. The third-order valence-electron chi connectivity index (χ3n) is 8.46. The molecule has 6 rings (SSSR count). The summed E-state index contributed by atoms with van der Waals surface area (Å²) >= 11 is 0. The summed E-state index contributed by atoms with van der Waals surface area (Å²) in [6, 6.07) is 13.3. The minimum atomic E-state index is -3.04. The molecule has 4 aliphatic rings. The average molecular weight is 525 g/mol. The summed E-state index contributed by atoms with van der Waals surface area (Å²) in [6.07, 6.45) is 2.42. The normalized spacial score (nSPS) is 24.3. The van der Waals surface area contributed by atoms with E-state index in [1.54, 1.807) is 21.9 Å². The highest BCUT2D eigenvalue weighted by Gasteiger charge is 2.60. The molecule has 0 unspecified atom stereocenters. The number of ether oxygens (including phenoxy) is 1. The van der Waals surface area contributed by atoms with E-state index in [1.165, 1.54) is 0 Å². The van der Waals surface area contributed by atoms with Gasteiger partial charge in [0.15, 0.2) is 9.84 Å². The number of nitrogens with one attached hydrogen (secondary N) is 1. The van der Waals surface area contributed by atoms with E-state index in [0.29, 0.717) is 38.3 Å². The van der Waals surface area contributed by atoms with Gasteiger partial charge in [0.1, 0.15) is 10.8 Å². The molecule has 0 bridgehead atoms.